The van der Waals surface area contributed by atoms with E-state index in [1.54, 1.807) is 6.92 Å². The van der Waals surface area contributed by atoms with Gasteiger partial charge in [-0.25, -0.2) is 0 Å². The topological polar surface area (TPSA) is 17.1 Å². The third-order valence-corrected chi connectivity index (χ3v) is 4.16. The van der Waals surface area contributed by atoms with Crippen molar-refractivity contribution in [3.8, 4) is 0 Å². The lowest BCUT2D eigenvalue weighted by Gasteiger charge is -2.07. The van der Waals surface area contributed by atoms with Crippen molar-refractivity contribution < 1.29 is 4.79 Å². The van der Waals surface area contributed by atoms with Crippen LogP contribution < -0.4 is 0 Å². The second-order valence-corrected chi connectivity index (χ2v) is 4.94. The summed E-state index contributed by atoms with van der Waals surface area (Å²) in [7, 11) is 0. The van der Waals surface area contributed by atoms with E-state index in [2.05, 4.69) is 44.5 Å². The first-order valence-corrected chi connectivity index (χ1v) is 5.81. The van der Waals surface area contributed by atoms with Crippen LogP contribution >= 0.6 is 44.5 Å². The summed E-state index contributed by atoms with van der Waals surface area (Å²) in [6.45, 7) is 1.56. The van der Waals surface area contributed by atoms with Crippen LogP contribution in [0.1, 0.15) is 17.3 Å². The van der Waals surface area contributed by atoms with Crippen molar-refractivity contribution in [3.05, 3.63) is 28.2 Å². The van der Waals surface area contributed by atoms with Gasteiger partial charge in [0.05, 0.1) is 4.83 Å². The van der Waals surface area contributed by atoms with Gasteiger partial charge >= 0.3 is 0 Å². The molecule has 1 rings (SSSR count). The quantitative estimate of drug-likeness (QED) is 0.647. The SMILES string of the molecule is CC(=O)C(Br)c1ccc(Br)c(S)c1. The summed E-state index contributed by atoms with van der Waals surface area (Å²) in [5, 5.41) is 0. The lowest BCUT2D eigenvalue weighted by Crippen LogP contribution is -2.00. The van der Waals surface area contributed by atoms with Gasteiger partial charge < -0.3 is 0 Å². The lowest BCUT2D eigenvalue weighted by atomic mass is 10.1. The average molecular weight is 324 g/mol. The van der Waals surface area contributed by atoms with Crippen molar-refractivity contribution >= 4 is 50.3 Å². The van der Waals surface area contributed by atoms with Crippen LogP contribution in [-0.2, 0) is 4.79 Å². The minimum absolute atomic E-state index is 0.0926. The minimum atomic E-state index is -0.230. The smallest absolute Gasteiger partial charge is 0.147 e. The molecule has 0 amide bonds. The monoisotopic (exact) mass is 322 g/mol. The first-order valence-electron chi connectivity index (χ1n) is 3.65. The molecule has 0 saturated heterocycles. The molecular weight excluding hydrogens is 316 g/mol. The molecule has 0 saturated carbocycles. The summed E-state index contributed by atoms with van der Waals surface area (Å²) >= 11 is 10.9. The molecule has 0 spiro atoms. The van der Waals surface area contributed by atoms with E-state index in [9.17, 15) is 4.79 Å². The van der Waals surface area contributed by atoms with Crippen LogP contribution in [0.25, 0.3) is 0 Å². The van der Waals surface area contributed by atoms with Crippen LogP contribution in [-0.4, -0.2) is 5.78 Å². The van der Waals surface area contributed by atoms with Crippen molar-refractivity contribution in [1.29, 1.82) is 0 Å². The molecular formula is C9H8Br2OS. The molecule has 0 aromatic heterocycles. The Balaban J connectivity index is 3.03. The van der Waals surface area contributed by atoms with Crippen LogP contribution in [0.5, 0.6) is 0 Å². The van der Waals surface area contributed by atoms with Gasteiger partial charge in [0.15, 0.2) is 0 Å². The van der Waals surface area contributed by atoms with Crippen LogP contribution in [0.15, 0.2) is 27.6 Å². The largest absolute Gasteiger partial charge is 0.298 e. The second-order valence-electron chi connectivity index (χ2n) is 2.68. The highest BCUT2D eigenvalue weighted by Crippen LogP contribution is 2.29. The molecule has 0 radical (unpaired) electrons. The van der Waals surface area contributed by atoms with Gasteiger partial charge in [0, 0.05) is 9.37 Å². The van der Waals surface area contributed by atoms with Gasteiger partial charge in [0.25, 0.3) is 0 Å². The number of carbonyl (C=O) groups is 1. The fourth-order valence-corrected chi connectivity index (χ4v) is 1.68. The van der Waals surface area contributed by atoms with Crippen molar-refractivity contribution in [3.63, 3.8) is 0 Å². The Morgan fingerprint density at radius 1 is 1.54 bits per heavy atom. The first-order chi connectivity index (χ1) is 6.02. The number of thiol groups is 1. The number of halogens is 2. The van der Waals surface area contributed by atoms with Crippen molar-refractivity contribution in [1.82, 2.24) is 0 Å². The number of hydrogen-bond acceptors (Lipinski definition) is 2. The Labute approximate surface area is 99.6 Å². The third kappa shape index (κ3) is 2.82. The zero-order valence-corrected chi connectivity index (χ0v) is 11.0. The van der Waals surface area contributed by atoms with Crippen LogP contribution in [0.4, 0.5) is 0 Å². The summed E-state index contributed by atoms with van der Waals surface area (Å²) in [5.74, 6) is 0.0926. The molecule has 0 aliphatic heterocycles. The van der Waals surface area contributed by atoms with Gasteiger partial charge in [-0.3, -0.25) is 4.79 Å². The Morgan fingerprint density at radius 3 is 2.62 bits per heavy atom. The summed E-state index contributed by atoms with van der Waals surface area (Å²) in [5.41, 5.74) is 0.931. The Kier molecular flexibility index (Phi) is 4.01. The van der Waals surface area contributed by atoms with Gasteiger partial charge in [0.1, 0.15) is 5.78 Å². The molecule has 1 aromatic carbocycles. The van der Waals surface area contributed by atoms with Crippen LogP contribution in [0.2, 0.25) is 0 Å². The summed E-state index contributed by atoms with van der Waals surface area (Å²) in [6, 6.07) is 5.65. The van der Waals surface area contributed by atoms with E-state index in [0.717, 1.165) is 14.9 Å². The molecule has 13 heavy (non-hydrogen) atoms. The maximum absolute atomic E-state index is 11.1. The van der Waals surface area contributed by atoms with Crippen LogP contribution in [0.3, 0.4) is 0 Å². The number of hydrogen-bond donors (Lipinski definition) is 1. The highest BCUT2D eigenvalue weighted by atomic mass is 79.9. The van der Waals surface area contributed by atoms with Gasteiger partial charge in [-0.05, 0) is 40.5 Å². The Morgan fingerprint density at radius 2 is 2.15 bits per heavy atom. The molecule has 0 aliphatic rings. The lowest BCUT2D eigenvalue weighted by molar-refractivity contribution is -0.116. The van der Waals surface area contributed by atoms with E-state index in [1.807, 2.05) is 18.2 Å². The number of rotatable bonds is 2. The van der Waals surface area contributed by atoms with Gasteiger partial charge in [-0.15, -0.1) is 12.6 Å². The average Bonchev–Trinajstić information content (AvgIpc) is 2.08. The van der Waals surface area contributed by atoms with E-state index in [0.29, 0.717) is 0 Å². The molecule has 4 heteroatoms. The summed E-state index contributed by atoms with van der Waals surface area (Å²) in [4.78, 5) is 11.7. The standard InChI is InChI=1S/C9H8Br2OS/c1-5(12)9(11)6-2-3-7(10)8(13)4-6/h2-4,9,13H,1H3. The van der Waals surface area contributed by atoms with Crippen molar-refractivity contribution in [2.75, 3.05) is 0 Å². The second kappa shape index (κ2) is 4.62. The molecule has 1 nitrogen and oxygen atoms in total. The number of ketones is 1. The molecule has 0 heterocycles. The number of alkyl halides is 1. The van der Waals surface area contributed by atoms with Gasteiger partial charge in [-0.2, -0.15) is 0 Å². The molecule has 0 bridgehead atoms. The molecule has 1 aromatic rings. The number of carbonyl (C=O) groups excluding carboxylic acids is 1. The highest BCUT2D eigenvalue weighted by Gasteiger charge is 2.12. The Hall–Kier alpha value is 0.200. The molecule has 0 N–H and O–H groups in total. The van der Waals surface area contributed by atoms with Gasteiger partial charge in [0.2, 0.25) is 0 Å². The highest BCUT2D eigenvalue weighted by molar-refractivity contribution is 9.10. The summed E-state index contributed by atoms with van der Waals surface area (Å²) < 4.78 is 0.933. The number of Topliss-reactive ketones (excluding diaryl/α,β-unsaturated/α-hetero) is 1. The molecule has 70 valence electrons. The van der Waals surface area contributed by atoms with E-state index in [1.165, 1.54) is 0 Å². The van der Waals surface area contributed by atoms with Crippen molar-refractivity contribution in [2.45, 2.75) is 16.6 Å². The van der Waals surface area contributed by atoms with E-state index in [4.69, 9.17) is 0 Å². The maximum Gasteiger partial charge on any atom is 0.147 e. The molecule has 0 fully saturated rings. The zero-order chi connectivity index (χ0) is 10.0. The normalized spacial score (nSPS) is 12.6. The molecule has 1 unspecified atom stereocenters. The van der Waals surface area contributed by atoms with Gasteiger partial charge in [-0.1, -0.05) is 22.0 Å². The zero-order valence-electron chi connectivity index (χ0n) is 6.92. The maximum atomic E-state index is 11.1. The number of benzene rings is 1. The summed E-state index contributed by atoms with van der Waals surface area (Å²) in [6.07, 6.45) is 0. The molecule has 0 aliphatic carbocycles. The Bertz CT molecular complexity index is 338. The van der Waals surface area contributed by atoms with E-state index >= 15 is 0 Å². The predicted molar refractivity (Wildman–Crippen MR) is 63.7 cm³/mol. The van der Waals surface area contributed by atoms with E-state index < -0.39 is 0 Å². The predicted octanol–water partition coefficient (Wildman–Crippen LogP) is 3.76. The minimum Gasteiger partial charge on any atom is -0.298 e. The van der Waals surface area contributed by atoms with Crippen molar-refractivity contribution in [2.24, 2.45) is 0 Å². The first kappa shape index (κ1) is 11.3. The van der Waals surface area contributed by atoms with E-state index in [-0.39, 0.29) is 10.6 Å². The fourth-order valence-electron chi connectivity index (χ4n) is 0.922. The third-order valence-electron chi connectivity index (χ3n) is 1.62. The van der Waals surface area contributed by atoms with Crippen LogP contribution in [0, 0.1) is 0 Å². The fraction of sp³-hybridized carbons (Fsp3) is 0.222. The molecule has 1 atom stereocenters.